The van der Waals surface area contributed by atoms with Gasteiger partial charge in [-0.1, -0.05) is 17.7 Å². The van der Waals surface area contributed by atoms with E-state index in [1.54, 1.807) is 22.9 Å². The lowest BCUT2D eigenvalue weighted by Crippen LogP contribution is -2.37. The molecule has 2 aliphatic heterocycles. The van der Waals surface area contributed by atoms with Gasteiger partial charge in [0.15, 0.2) is 23.2 Å². The topological polar surface area (TPSA) is 131 Å². The molecule has 0 saturated carbocycles. The second-order valence-corrected chi connectivity index (χ2v) is 9.72. The zero-order valence-electron chi connectivity index (χ0n) is 21.6. The molecule has 0 aliphatic carbocycles. The van der Waals surface area contributed by atoms with Crippen molar-refractivity contribution in [2.75, 3.05) is 25.0 Å². The number of aromatic nitrogens is 2. The standard InChI is InChI=1S/C29H27N7O3/c1-17-6-11-23-21(15-17)18(2)28(39-23)27-25-26(22(16-37)32-33-29(25)30)34-36(27)20-9-7-19(8-10-20)31-24(38)5-3-12-35-13-4-14-35/h3,5-11,15,32H,4,12-14H2,1-2H3,(H2,30,33)(H,31,38)/b5-3+. The number of benzene rings is 2. The molecule has 196 valence electrons. The molecule has 2 aliphatic rings. The summed E-state index contributed by atoms with van der Waals surface area (Å²) in [6.45, 7) is 6.94. The Bertz CT molecular complexity index is 1720. The Balaban J connectivity index is 1.39. The zero-order chi connectivity index (χ0) is 27.1. The summed E-state index contributed by atoms with van der Waals surface area (Å²) in [5.74, 6) is 2.42. The Kier molecular flexibility index (Phi) is 6.11. The maximum Gasteiger partial charge on any atom is 0.248 e. The molecule has 0 bridgehead atoms. The number of aryl methyl sites for hydroxylation is 2. The predicted molar refractivity (Wildman–Crippen MR) is 150 cm³/mol. The Morgan fingerprint density at radius 1 is 1.21 bits per heavy atom. The van der Waals surface area contributed by atoms with Gasteiger partial charge in [-0.25, -0.2) is 9.48 Å². The van der Waals surface area contributed by atoms with E-state index in [9.17, 15) is 9.59 Å². The van der Waals surface area contributed by atoms with Crippen LogP contribution in [-0.4, -0.2) is 52.0 Å². The van der Waals surface area contributed by atoms with Gasteiger partial charge in [-0.15, -0.1) is 0 Å². The molecule has 10 heteroatoms. The molecule has 10 nitrogen and oxygen atoms in total. The summed E-state index contributed by atoms with van der Waals surface area (Å²) in [7, 11) is 0. The molecular formula is C29H27N7O3. The predicted octanol–water partition coefficient (Wildman–Crippen LogP) is 3.50. The van der Waals surface area contributed by atoms with Crippen molar-refractivity contribution in [2.24, 2.45) is 10.8 Å². The van der Waals surface area contributed by atoms with Gasteiger partial charge in [0.25, 0.3) is 0 Å². The fraction of sp³-hybridized carbons (Fsp3) is 0.207. The normalized spacial score (nSPS) is 15.0. The summed E-state index contributed by atoms with van der Waals surface area (Å²) in [6.07, 6.45) is 4.64. The lowest BCUT2D eigenvalue weighted by molar-refractivity contribution is -0.111. The fourth-order valence-corrected chi connectivity index (χ4v) is 4.83. The van der Waals surface area contributed by atoms with Crippen LogP contribution in [0.15, 0.2) is 64.1 Å². The van der Waals surface area contributed by atoms with Gasteiger partial charge < -0.3 is 15.5 Å². The number of hydrogen-bond acceptors (Lipinski definition) is 8. The Morgan fingerprint density at radius 3 is 2.72 bits per heavy atom. The van der Waals surface area contributed by atoms with E-state index in [4.69, 9.17) is 15.2 Å². The highest BCUT2D eigenvalue weighted by atomic mass is 16.3. The van der Waals surface area contributed by atoms with E-state index in [0.29, 0.717) is 34.1 Å². The first kappa shape index (κ1) is 24.4. The van der Waals surface area contributed by atoms with Crippen LogP contribution in [0.3, 0.4) is 0 Å². The van der Waals surface area contributed by atoms with Crippen LogP contribution in [0.2, 0.25) is 0 Å². The van der Waals surface area contributed by atoms with Gasteiger partial charge >= 0.3 is 0 Å². The van der Waals surface area contributed by atoms with Crippen molar-refractivity contribution in [1.29, 1.82) is 0 Å². The Hall–Kier alpha value is -4.92. The second kappa shape index (κ2) is 9.75. The fourth-order valence-electron chi connectivity index (χ4n) is 4.83. The molecule has 0 spiro atoms. The van der Waals surface area contributed by atoms with Crippen molar-refractivity contribution in [3.63, 3.8) is 0 Å². The zero-order valence-corrected chi connectivity index (χ0v) is 21.6. The van der Waals surface area contributed by atoms with Crippen molar-refractivity contribution in [3.05, 3.63) is 77.0 Å². The van der Waals surface area contributed by atoms with Gasteiger partial charge in [-0.3, -0.25) is 15.1 Å². The number of amides is 1. The number of hydrazone groups is 1. The number of amidine groups is 1. The van der Waals surface area contributed by atoms with E-state index in [-0.39, 0.29) is 17.4 Å². The van der Waals surface area contributed by atoms with Crippen LogP contribution in [-0.2, 0) is 9.59 Å². The number of carbonyl (C=O) groups is 1. The minimum Gasteiger partial charge on any atom is -0.454 e. The number of hydrogen-bond donors (Lipinski definition) is 3. The van der Waals surface area contributed by atoms with Gasteiger partial charge in [0.05, 0.1) is 11.3 Å². The molecule has 0 radical (unpaired) electrons. The molecule has 4 N–H and O–H groups in total. The van der Waals surface area contributed by atoms with Gasteiger partial charge in [0.2, 0.25) is 5.91 Å². The Morgan fingerprint density at radius 2 is 2.00 bits per heavy atom. The van der Waals surface area contributed by atoms with Crippen molar-refractivity contribution in [3.8, 4) is 17.1 Å². The molecule has 1 amide bonds. The summed E-state index contributed by atoms with van der Waals surface area (Å²) in [4.78, 5) is 26.3. The van der Waals surface area contributed by atoms with Crippen LogP contribution in [0.25, 0.3) is 33.8 Å². The average molecular weight is 522 g/mol. The highest BCUT2D eigenvalue weighted by molar-refractivity contribution is 6.10. The molecule has 0 unspecified atom stereocenters. The first-order chi connectivity index (χ1) is 18.9. The Labute approximate surface area is 224 Å². The van der Waals surface area contributed by atoms with Crippen molar-refractivity contribution in [2.45, 2.75) is 20.3 Å². The van der Waals surface area contributed by atoms with Crippen LogP contribution in [0.1, 0.15) is 28.8 Å². The molecule has 2 aromatic heterocycles. The highest BCUT2D eigenvalue weighted by Crippen LogP contribution is 2.39. The molecule has 1 saturated heterocycles. The first-order valence-corrected chi connectivity index (χ1v) is 12.7. The molecule has 4 aromatic rings. The average Bonchev–Trinajstić information content (AvgIpc) is 3.45. The monoisotopic (exact) mass is 521 g/mol. The number of anilines is 1. The minimum absolute atomic E-state index is 0.0812. The van der Waals surface area contributed by atoms with Gasteiger partial charge in [-0.2, -0.15) is 10.2 Å². The number of likely N-dealkylation sites (tertiary alicyclic amines) is 1. The van der Waals surface area contributed by atoms with E-state index in [0.717, 1.165) is 41.7 Å². The first-order valence-electron chi connectivity index (χ1n) is 12.7. The SMILES string of the molecule is Cc1ccc2oc(-c3c4c(nn3-c3ccc(NC(=O)/C=C/CN5CCC5)cc3)C(=C=O)NN=C4N)c(C)c2c1. The van der Waals surface area contributed by atoms with Gasteiger partial charge in [-0.05, 0) is 69.8 Å². The van der Waals surface area contributed by atoms with E-state index >= 15 is 0 Å². The third kappa shape index (κ3) is 4.41. The summed E-state index contributed by atoms with van der Waals surface area (Å²) >= 11 is 0. The number of fused-ring (bicyclic) bond motifs is 2. The molecule has 1 fully saturated rings. The summed E-state index contributed by atoms with van der Waals surface area (Å²) in [5.41, 5.74) is 14.5. The minimum atomic E-state index is -0.192. The molecule has 0 atom stereocenters. The number of rotatable bonds is 6. The van der Waals surface area contributed by atoms with E-state index in [1.807, 2.05) is 50.1 Å². The lowest BCUT2D eigenvalue weighted by Gasteiger charge is -2.29. The van der Waals surface area contributed by atoms with Crippen molar-refractivity contribution in [1.82, 2.24) is 20.1 Å². The summed E-state index contributed by atoms with van der Waals surface area (Å²) < 4.78 is 7.99. The quantitative estimate of drug-likeness (QED) is 0.261. The van der Waals surface area contributed by atoms with Crippen LogP contribution >= 0.6 is 0 Å². The van der Waals surface area contributed by atoms with Crippen LogP contribution in [0, 0.1) is 13.8 Å². The van der Waals surface area contributed by atoms with Crippen LogP contribution in [0.4, 0.5) is 5.69 Å². The second-order valence-electron chi connectivity index (χ2n) is 9.72. The van der Waals surface area contributed by atoms with E-state index in [2.05, 4.69) is 26.8 Å². The maximum atomic E-state index is 12.4. The molecule has 4 heterocycles. The number of nitrogens with two attached hydrogens (primary N) is 1. The summed E-state index contributed by atoms with van der Waals surface area (Å²) in [6, 6.07) is 13.2. The number of nitrogens with zero attached hydrogens (tertiary/aromatic N) is 4. The van der Waals surface area contributed by atoms with Gasteiger partial charge in [0, 0.05) is 29.3 Å². The van der Waals surface area contributed by atoms with Crippen molar-refractivity contribution >= 4 is 40.0 Å². The third-order valence-electron chi connectivity index (χ3n) is 7.04. The molecule has 2 aromatic carbocycles. The van der Waals surface area contributed by atoms with E-state index in [1.165, 1.54) is 6.42 Å². The summed E-state index contributed by atoms with van der Waals surface area (Å²) in [5, 5.41) is 12.7. The molecular weight excluding hydrogens is 494 g/mol. The van der Waals surface area contributed by atoms with Crippen LogP contribution < -0.4 is 16.5 Å². The number of nitrogens with one attached hydrogen (secondary N) is 2. The largest absolute Gasteiger partial charge is 0.454 e. The van der Waals surface area contributed by atoms with Gasteiger partial charge in [0.1, 0.15) is 17.0 Å². The van der Waals surface area contributed by atoms with Crippen LogP contribution in [0.5, 0.6) is 0 Å². The lowest BCUT2D eigenvalue weighted by atomic mass is 10.0. The maximum absolute atomic E-state index is 12.4. The molecule has 39 heavy (non-hydrogen) atoms. The molecule has 6 rings (SSSR count). The number of carbonyl (C=O) groups excluding carboxylic acids is 2. The number of furan rings is 1. The third-order valence-corrected chi connectivity index (χ3v) is 7.04. The highest BCUT2D eigenvalue weighted by Gasteiger charge is 2.31. The van der Waals surface area contributed by atoms with E-state index < -0.39 is 0 Å². The van der Waals surface area contributed by atoms with Crippen molar-refractivity contribution < 1.29 is 14.0 Å². The smallest absolute Gasteiger partial charge is 0.248 e.